The zero-order valence-corrected chi connectivity index (χ0v) is 12.1. The number of carbonyl (C=O) groups excluding carboxylic acids is 2. The number of hydrogen-bond acceptors (Lipinski definition) is 4. The Kier molecular flexibility index (Phi) is 5.71. The molecule has 21 heavy (non-hydrogen) atoms. The van der Waals surface area contributed by atoms with Crippen LogP contribution in [0.5, 0.6) is 0 Å². The first kappa shape index (κ1) is 15.5. The fraction of sp³-hybridized carbons (Fsp3) is 0.467. The van der Waals surface area contributed by atoms with Crippen LogP contribution in [0.3, 0.4) is 0 Å². The smallest absolute Gasteiger partial charge is 0.253 e. The summed E-state index contributed by atoms with van der Waals surface area (Å²) in [6.07, 6.45) is 0.479. The molecule has 0 unspecified atom stereocenters. The van der Waals surface area contributed by atoms with Gasteiger partial charge in [0.25, 0.3) is 5.91 Å². The fourth-order valence-corrected chi connectivity index (χ4v) is 2.11. The van der Waals surface area contributed by atoms with Gasteiger partial charge >= 0.3 is 0 Å². The minimum atomic E-state index is -0.215. The number of para-hydroxylation sites is 1. The number of amides is 2. The van der Waals surface area contributed by atoms with E-state index in [4.69, 9.17) is 4.74 Å². The Morgan fingerprint density at radius 3 is 2.76 bits per heavy atom. The van der Waals surface area contributed by atoms with Crippen LogP contribution in [-0.4, -0.2) is 45.2 Å². The number of anilines is 1. The standard InChI is InChI=1S/C15H21N3O3/c1-21-7-6-17-15(20)12-4-2-3-5-13(12)18-14(19)8-11-9-16-10-11/h2-5,11,16H,6-10H2,1H3,(H,17,20)(H,18,19). The zero-order valence-electron chi connectivity index (χ0n) is 12.1. The molecule has 2 rings (SSSR count). The molecule has 1 aliphatic rings. The SMILES string of the molecule is COCCNC(=O)c1ccccc1NC(=O)CC1CNC1. The van der Waals surface area contributed by atoms with Crippen LogP contribution in [0.2, 0.25) is 0 Å². The third-order valence-electron chi connectivity index (χ3n) is 3.38. The van der Waals surface area contributed by atoms with Gasteiger partial charge in [-0.3, -0.25) is 9.59 Å². The summed E-state index contributed by atoms with van der Waals surface area (Å²) in [6, 6.07) is 7.01. The predicted octanol–water partition coefficient (Wildman–Crippen LogP) is 0.611. The quantitative estimate of drug-likeness (QED) is 0.643. The second kappa shape index (κ2) is 7.75. The van der Waals surface area contributed by atoms with Crippen molar-refractivity contribution in [2.75, 3.05) is 38.7 Å². The third-order valence-corrected chi connectivity index (χ3v) is 3.38. The Labute approximate surface area is 124 Å². The van der Waals surface area contributed by atoms with E-state index in [-0.39, 0.29) is 11.8 Å². The maximum Gasteiger partial charge on any atom is 0.253 e. The molecule has 1 aromatic rings. The molecule has 1 saturated heterocycles. The molecule has 2 amide bonds. The lowest BCUT2D eigenvalue weighted by molar-refractivity contribution is -0.117. The van der Waals surface area contributed by atoms with Gasteiger partial charge in [-0.05, 0) is 31.1 Å². The van der Waals surface area contributed by atoms with Gasteiger partial charge in [0.1, 0.15) is 0 Å². The van der Waals surface area contributed by atoms with Gasteiger partial charge in [-0.25, -0.2) is 0 Å². The average molecular weight is 291 g/mol. The Balaban J connectivity index is 1.95. The predicted molar refractivity (Wildman–Crippen MR) is 80.3 cm³/mol. The first-order valence-electron chi connectivity index (χ1n) is 7.07. The van der Waals surface area contributed by atoms with Crippen LogP contribution < -0.4 is 16.0 Å². The van der Waals surface area contributed by atoms with Gasteiger partial charge in [0, 0.05) is 20.1 Å². The number of hydrogen-bond donors (Lipinski definition) is 3. The molecule has 1 aliphatic heterocycles. The van der Waals surface area contributed by atoms with Crippen LogP contribution in [0, 0.1) is 5.92 Å². The number of ether oxygens (including phenoxy) is 1. The molecule has 0 aliphatic carbocycles. The Morgan fingerprint density at radius 2 is 2.10 bits per heavy atom. The molecule has 0 atom stereocenters. The molecule has 6 heteroatoms. The molecule has 0 saturated carbocycles. The van der Waals surface area contributed by atoms with E-state index in [2.05, 4.69) is 16.0 Å². The summed E-state index contributed by atoms with van der Waals surface area (Å²) < 4.78 is 4.90. The summed E-state index contributed by atoms with van der Waals surface area (Å²) in [5.41, 5.74) is 1.01. The maximum absolute atomic E-state index is 12.1. The number of benzene rings is 1. The van der Waals surface area contributed by atoms with Crippen LogP contribution in [0.1, 0.15) is 16.8 Å². The van der Waals surface area contributed by atoms with Crippen molar-refractivity contribution in [1.82, 2.24) is 10.6 Å². The van der Waals surface area contributed by atoms with Crippen molar-refractivity contribution in [3.63, 3.8) is 0 Å². The molecule has 1 aromatic carbocycles. The van der Waals surface area contributed by atoms with E-state index < -0.39 is 0 Å². The van der Waals surface area contributed by atoms with Gasteiger partial charge in [-0.2, -0.15) is 0 Å². The van der Waals surface area contributed by atoms with E-state index in [0.29, 0.717) is 36.7 Å². The van der Waals surface area contributed by atoms with Gasteiger partial charge in [0.2, 0.25) is 5.91 Å². The molecule has 1 heterocycles. The minimum Gasteiger partial charge on any atom is -0.383 e. The van der Waals surface area contributed by atoms with E-state index in [1.807, 2.05) is 0 Å². The van der Waals surface area contributed by atoms with Crippen molar-refractivity contribution in [2.24, 2.45) is 5.92 Å². The summed E-state index contributed by atoms with van der Waals surface area (Å²) in [7, 11) is 1.58. The van der Waals surface area contributed by atoms with E-state index in [1.54, 1.807) is 31.4 Å². The van der Waals surface area contributed by atoms with Crippen LogP contribution in [0.4, 0.5) is 5.69 Å². The molecule has 0 bridgehead atoms. The monoisotopic (exact) mass is 291 g/mol. The van der Waals surface area contributed by atoms with Gasteiger partial charge < -0.3 is 20.7 Å². The van der Waals surface area contributed by atoms with Gasteiger partial charge in [-0.1, -0.05) is 12.1 Å². The summed E-state index contributed by atoms with van der Waals surface area (Å²) in [5.74, 6) is 0.125. The van der Waals surface area contributed by atoms with Crippen molar-refractivity contribution in [2.45, 2.75) is 6.42 Å². The lowest BCUT2D eigenvalue weighted by Gasteiger charge is -2.26. The van der Waals surface area contributed by atoms with Gasteiger partial charge in [0.05, 0.1) is 17.9 Å². The molecule has 0 aromatic heterocycles. The number of rotatable bonds is 7. The highest BCUT2D eigenvalue weighted by Crippen LogP contribution is 2.17. The number of methoxy groups -OCH3 is 1. The molecular weight excluding hydrogens is 270 g/mol. The second-order valence-electron chi connectivity index (χ2n) is 5.07. The molecule has 114 valence electrons. The molecule has 1 fully saturated rings. The minimum absolute atomic E-state index is 0.0568. The van der Waals surface area contributed by atoms with Gasteiger partial charge in [-0.15, -0.1) is 0 Å². The lowest BCUT2D eigenvalue weighted by atomic mass is 9.99. The third kappa shape index (κ3) is 4.54. The highest BCUT2D eigenvalue weighted by Gasteiger charge is 2.21. The van der Waals surface area contributed by atoms with Gasteiger partial charge in [0.15, 0.2) is 0 Å². The Morgan fingerprint density at radius 1 is 1.33 bits per heavy atom. The van der Waals surface area contributed by atoms with Crippen LogP contribution in [0.15, 0.2) is 24.3 Å². The summed E-state index contributed by atoms with van der Waals surface area (Å²) >= 11 is 0. The van der Waals surface area contributed by atoms with Crippen molar-refractivity contribution in [3.05, 3.63) is 29.8 Å². The maximum atomic E-state index is 12.1. The highest BCUT2D eigenvalue weighted by molar-refractivity contribution is 6.03. The van der Waals surface area contributed by atoms with Crippen LogP contribution in [0.25, 0.3) is 0 Å². The summed E-state index contributed by atoms with van der Waals surface area (Å²) in [4.78, 5) is 24.0. The highest BCUT2D eigenvalue weighted by atomic mass is 16.5. The van der Waals surface area contributed by atoms with Crippen LogP contribution in [-0.2, 0) is 9.53 Å². The Bertz CT molecular complexity index is 501. The zero-order chi connectivity index (χ0) is 15.1. The Hall–Kier alpha value is -1.92. The summed E-state index contributed by atoms with van der Waals surface area (Å²) in [6.45, 7) is 2.65. The first-order chi connectivity index (χ1) is 10.2. The first-order valence-corrected chi connectivity index (χ1v) is 7.07. The normalized spacial score (nSPS) is 14.3. The number of carbonyl (C=O) groups is 2. The molecule has 0 spiro atoms. The van der Waals surface area contributed by atoms with Crippen molar-refractivity contribution in [3.8, 4) is 0 Å². The average Bonchev–Trinajstić information content (AvgIpc) is 2.44. The second-order valence-corrected chi connectivity index (χ2v) is 5.07. The molecule has 0 radical (unpaired) electrons. The topological polar surface area (TPSA) is 79.5 Å². The van der Waals surface area contributed by atoms with Crippen molar-refractivity contribution >= 4 is 17.5 Å². The fourth-order valence-electron chi connectivity index (χ4n) is 2.11. The lowest BCUT2D eigenvalue weighted by Crippen LogP contribution is -2.43. The molecule has 6 nitrogen and oxygen atoms in total. The van der Waals surface area contributed by atoms with E-state index >= 15 is 0 Å². The largest absolute Gasteiger partial charge is 0.383 e. The molecule has 3 N–H and O–H groups in total. The van der Waals surface area contributed by atoms with Crippen molar-refractivity contribution in [1.29, 1.82) is 0 Å². The van der Waals surface area contributed by atoms with E-state index in [9.17, 15) is 9.59 Å². The van der Waals surface area contributed by atoms with E-state index in [1.165, 1.54) is 0 Å². The van der Waals surface area contributed by atoms with E-state index in [0.717, 1.165) is 13.1 Å². The molecular formula is C15H21N3O3. The summed E-state index contributed by atoms with van der Waals surface area (Å²) in [5, 5.41) is 8.71. The van der Waals surface area contributed by atoms with Crippen molar-refractivity contribution < 1.29 is 14.3 Å². The number of nitrogens with one attached hydrogen (secondary N) is 3. The van der Waals surface area contributed by atoms with Crippen LogP contribution >= 0.6 is 0 Å².